The minimum Gasteiger partial charge on any atom is -0.323 e. The Bertz CT molecular complexity index is 985. The number of halogens is 2. The molecule has 2 aromatic carbocycles. The topological polar surface area (TPSA) is 57.7 Å². The van der Waals surface area contributed by atoms with Crippen molar-refractivity contribution in [3.8, 4) is 0 Å². The van der Waals surface area contributed by atoms with E-state index >= 15 is 0 Å². The first-order chi connectivity index (χ1) is 15.0. The minimum atomic E-state index is -1.01. The highest BCUT2D eigenvalue weighted by atomic mass is 19.1. The van der Waals surface area contributed by atoms with Crippen molar-refractivity contribution in [3.05, 3.63) is 65.7 Å². The molecule has 1 aliphatic carbocycles. The SMILES string of the molecule is O=C1CC(N(C(=O)c2ccccc2F)C2CCCCCC2)C(=O)N1c1ccc(F)cc1. The van der Waals surface area contributed by atoms with E-state index < -0.39 is 35.4 Å². The summed E-state index contributed by atoms with van der Waals surface area (Å²) in [6, 6.07) is 9.53. The zero-order chi connectivity index (χ0) is 22.0. The summed E-state index contributed by atoms with van der Waals surface area (Å²) in [7, 11) is 0. The number of carbonyl (C=O) groups excluding carboxylic acids is 3. The molecule has 0 bridgehead atoms. The van der Waals surface area contributed by atoms with Gasteiger partial charge in [-0.15, -0.1) is 0 Å². The molecule has 2 aliphatic rings. The molecular formula is C24H24F2N2O3. The summed E-state index contributed by atoms with van der Waals surface area (Å²) in [6.07, 6.45) is 5.12. The summed E-state index contributed by atoms with van der Waals surface area (Å²) in [4.78, 5) is 42.0. The second kappa shape index (κ2) is 8.96. The van der Waals surface area contributed by atoms with Crippen molar-refractivity contribution < 1.29 is 23.2 Å². The third-order valence-corrected chi connectivity index (χ3v) is 6.10. The van der Waals surface area contributed by atoms with Gasteiger partial charge in [0.2, 0.25) is 5.91 Å². The predicted molar refractivity (Wildman–Crippen MR) is 111 cm³/mol. The van der Waals surface area contributed by atoms with Crippen LogP contribution in [0.2, 0.25) is 0 Å². The number of nitrogens with zero attached hydrogens (tertiary/aromatic N) is 2. The number of hydrogen-bond acceptors (Lipinski definition) is 3. The summed E-state index contributed by atoms with van der Waals surface area (Å²) in [5.74, 6) is -2.70. The van der Waals surface area contributed by atoms with Crippen LogP contribution in [-0.2, 0) is 9.59 Å². The Morgan fingerprint density at radius 2 is 1.55 bits per heavy atom. The van der Waals surface area contributed by atoms with Gasteiger partial charge in [0.05, 0.1) is 17.7 Å². The fraction of sp³-hybridized carbons (Fsp3) is 0.375. The average Bonchev–Trinajstić information content (AvgIpc) is 2.92. The smallest absolute Gasteiger partial charge is 0.257 e. The average molecular weight is 426 g/mol. The van der Waals surface area contributed by atoms with Gasteiger partial charge in [0.15, 0.2) is 0 Å². The highest BCUT2D eigenvalue weighted by Gasteiger charge is 2.46. The van der Waals surface area contributed by atoms with E-state index in [-0.39, 0.29) is 23.7 Å². The van der Waals surface area contributed by atoms with Crippen LogP contribution in [0.15, 0.2) is 48.5 Å². The van der Waals surface area contributed by atoms with Gasteiger partial charge >= 0.3 is 0 Å². The van der Waals surface area contributed by atoms with Gasteiger partial charge in [-0.25, -0.2) is 13.7 Å². The maximum atomic E-state index is 14.4. The number of rotatable bonds is 4. The maximum absolute atomic E-state index is 14.4. The Kier molecular flexibility index (Phi) is 6.11. The molecule has 1 saturated heterocycles. The molecule has 1 atom stereocenters. The first kappa shape index (κ1) is 21.2. The van der Waals surface area contributed by atoms with Crippen molar-refractivity contribution in [1.29, 1.82) is 0 Å². The molecule has 0 spiro atoms. The molecule has 4 rings (SSSR count). The quantitative estimate of drug-likeness (QED) is 0.536. The van der Waals surface area contributed by atoms with Gasteiger partial charge in [0.1, 0.15) is 17.7 Å². The second-order valence-corrected chi connectivity index (χ2v) is 8.10. The van der Waals surface area contributed by atoms with Gasteiger partial charge in [-0.2, -0.15) is 0 Å². The Hall–Kier alpha value is -3.09. The molecule has 5 nitrogen and oxygen atoms in total. The van der Waals surface area contributed by atoms with E-state index in [4.69, 9.17) is 0 Å². The third kappa shape index (κ3) is 4.22. The lowest BCUT2D eigenvalue weighted by Crippen LogP contribution is -2.51. The largest absolute Gasteiger partial charge is 0.323 e. The van der Waals surface area contributed by atoms with E-state index in [0.29, 0.717) is 12.8 Å². The number of benzene rings is 2. The number of hydrogen-bond donors (Lipinski definition) is 0. The normalized spacial score (nSPS) is 20.1. The van der Waals surface area contributed by atoms with Crippen LogP contribution in [0.4, 0.5) is 14.5 Å². The van der Waals surface area contributed by atoms with E-state index in [1.54, 1.807) is 6.07 Å². The Morgan fingerprint density at radius 1 is 0.903 bits per heavy atom. The fourth-order valence-corrected chi connectivity index (χ4v) is 4.57. The molecule has 7 heteroatoms. The maximum Gasteiger partial charge on any atom is 0.257 e. The van der Waals surface area contributed by atoms with Gasteiger partial charge < -0.3 is 4.90 Å². The van der Waals surface area contributed by atoms with Gasteiger partial charge in [-0.3, -0.25) is 14.4 Å². The van der Waals surface area contributed by atoms with Crippen LogP contribution in [0, 0.1) is 11.6 Å². The van der Waals surface area contributed by atoms with Crippen LogP contribution in [0.1, 0.15) is 55.3 Å². The van der Waals surface area contributed by atoms with Crippen molar-refractivity contribution in [1.82, 2.24) is 4.90 Å². The van der Waals surface area contributed by atoms with E-state index in [2.05, 4.69) is 0 Å². The van der Waals surface area contributed by atoms with Crippen LogP contribution < -0.4 is 4.90 Å². The first-order valence-electron chi connectivity index (χ1n) is 10.7. The molecule has 2 fully saturated rings. The lowest BCUT2D eigenvalue weighted by molar-refractivity contribution is -0.123. The predicted octanol–water partition coefficient (Wildman–Crippen LogP) is 4.46. The molecule has 162 valence electrons. The zero-order valence-corrected chi connectivity index (χ0v) is 17.1. The molecule has 31 heavy (non-hydrogen) atoms. The monoisotopic (exact) mass is 426 g/mol. The number of imide groups is 1. The zero-order valence-electron chi connectivity index (χ0n) is 17.1. The lowest BCUT2D eigenvalue weighted by atomic mass is 10.0. The lowest BCUT2D eigenvalue weighted by Gasteiger charge is -2.35. The number of anilines is 1. The molecule has 0 aromatic heterocycles. The molecule has 0 N–H and O–H groups in total. The Balaban J connectivity index is 1.70. The Labute approximate surface area is 179 Å². The van der Waals surface area contributed by atoms with E-state index in [1.165, 1.54) is 47.4 Å². The van der Waals surface area contributed by atoms with Crippen molar-refractivity contribution in [2.75, 3.05) is 4.90 Å². The van der Waals surface area contributed by atoms with Gasteiger partial charge in [-0.05, 0) is 49.2 Å². The molecule has 1 heterocycles. The van der Waals surface area contributed by atoms with Crippen LogP contribution >= 0.6 is 0 Å². The third-order valence-electron chi connectivity index (χ3n) is 6.10. The highest BCUT2D eigenvalue weighted by Crippen LogP contribution is 2.32. The summed E-state index contributed by atoms with van der Waals surface area (Å²) in [5.41, 5.74) is 0.158. The molecule has 1 saturated carbocycles. The van der Waals surface area contributed by atoms with Crippen LogP contribution in [0.25, 0.3) is 0 Å². The van der Waals surface area contributed by atoms with E-state index in [0.717, 1.165) is 30.6 Å². The Morgan fingerprint density at radius 3 is 2.19 bits per heavy atom. The summed E-state index contributed by atoms with van der Waals surface area (Å²) in [6.45, 7) is 0. The van der Waals surface area contributed by atoms with Crippen LogP contribution in [0.5, 0.6) is 0 Å². The van der Waals surface area contributed by atoms with E-state index in [1.807, 2.05) is 0 Å². The molecule has 2 aromatic rings. The first-order valence-corrected chi connectivity index (χ1v) is 10.7. The molecule has 0 radical (unpaired) electrons. The number of carbonyl (C=O) groups is 3. The van der Waals surface area contributed by atoms with Gasteiger partial charge in [-0.1, -0.05) is 37.8 Å². The van der Waals surface area contributed by atoms with Crippen molar-refractivity contribution in [3.63, 3.8) is 0 Å². The molecule has 3 amide bonds. The molecule has 1 aliphatic heterocycles. The standard InChI is InChI=1S/C24H24F2N2O3/c25-16-11-13-18(14-12-16)28-22(29)15-21(24(28)31)27(17-7-3-1-2-4-8-17)23(30)19-9-5-6-10-20(19)26/h5-6,9-14,17,21H,1-4,7-8,15H2. The summed E-state index contributed by atoms with van der Waals surface area (Å²) >= 11 is 0. The van der Waals surface area contributed by atoms with Crippen molar-refractivity contribution >= 4 is 23.4 Å². The van der Waals surface area contributed by atoms with Gasteiger partial charge in [0.25, 0.3) is 11.8 Å². The highest BCUT2D eigenvalue weighted by molar-refractivity contribution is 6.23. The molecule has 1 unspecified atom stereocenters. The van der Waals surface area contributed by atoms with Gasteiger partial charge in [0, 0.05) is 6.04 Å². The van der Waals surface area contributed by atoms with E-state index in [9.17, 15) is 23.2 Å². The fourth-order valence-electron chi connectivity index (χ4n) is 4.57. The van der Waals surface area contributed by atoms with Crippen molar-refractivity contribution in [2.24, 2.45) is 0 Å². The van der Waals surface area contributed by atoms with Crippen LogP contribution in [0.3, 0.4) is 0 Å². The number of amides is 3. The minimum absolute atomic E-state index is 0.104. The summed E-state index contributed by atoms with van der Waals surface area (Å²) in [5, 5.41) is 0. The van der Waals surface area contributed by atoms with Crippen LogP contribution in [-0.4, -0.2) is 34.7 Å². The second-order valence-electron chi connectivity index (χ2n) is 8.10. The molecular weight excluding hydrogens is 402 g/mol. The summed E-state index contributed by atoms with van der Waals surface area (Å²) < 4.78 is 27.8. The van der Waals surface area contributed by atoms with Crippen molar-refractivity contribution in [2.45, 2.75) is 57.0 Å².